The van der Waals surface area contributed by atoms with E-state index < -0.39 is 0 Å². The van der Waals surface area contributed by atoms with Gasteiger partial charge in [0.1, 0.15) is 30.5 Å². The van der Waals surface area contributed by atoms with Gasteiger partial charge in [0.05, 0.1) is 13.7 Å². The van der Waals surface area contributed by atoms with E-state index >= 15 is 0 Å². The number of nitrogens with zero attached hydrogens (tertiary/aromatic N) is 1. The average Bonchev–Trinajstić information content (AvgIpc) is 2.91. The molecule has 0 N–H and O–H groups in total. The minimum Gasteiger partial charge on any atom is -0.497 e. The van der Waals surface area contributed by atoms with Crippen molar-refractivity contribution >= 4 is 11.6 Å². The molecule has 0 radical (unpaired) electrons. The number of anilines is 1. The number of hydrogen-bond donors (Lipinski definition) is 0. The Balaban J connectivity index is 1.31. The number of carbonyl (C=O) groups is 1. The average molecular weight is 468 g/mol. The van der Waals surface area contributed by atoms with E-state index in [1.807, 2.05) is 103 Å². The molecule has 0 fully saturated rings. The van der Waals surface area contributed by atoms with Crippen LogP contribution in [0.1, 0.15) is 23.6 Å². The summed E-state index contributed by atoms with van der Waals surface area (Å²) in [7, 11) is 1.64. The lowest BCUT2D eigenvalue weighted by atomic mass is 10.1. The number of hydrogen-bond acceptors (Lipinski definition) is 4. The minimum atomic E-state index is -0.0145. The molecule has 0 aromatic heterocycles. The molecular formula is C30H29NO4. The summed E-state index contributed by atoms with van der Waals surface area (Å²) in [4.78, 5) is 14.0. The second kappa shape index (κ2) is 11.7. The van der Waals surface area contributed by atoms with Crippen LogP contribution in [-0.2, 0) is 24.6 Å². The first-order valence-electron chi connectivity index (χ1n) is 11.5. The van der Waals surface area contributed by atoms with Crippen molar-refractivity contribution in [3.05, 3.63) is 120 Å². The maximum atomic E-state index is 12.3. The molecule has 0 spiro atoms. The van der Waals surface area contributed by atoms with E-state index in [0.29, 0.717) is 19.8 Å². The quantitative estimate of drug-likeness (QED) is 0.271. The number of benzene rings is 4. The molecule has 0 bridgehead atoms. The summed E-state index contributed by atoms with van der Waals surface area (Å²) in [5, 5.41) is 0. The van der Waals surface area contributed by atoms with Crippen molar-refractivity contribution in [2.45, 2.75) is 26.7 Å². The molecule has 5 nitrogen and oxygen atoms in total. The van der Waals surface area contributed by atoms with E-state index in [1.54, 1.807) is 18.9 Å². The van der Waals surface area contributed by atoms with Crippen LogP contribution in [0.15, 0.2) is 103 Å². The van der Waals surface area contributed by atoms with E-state index in [-0.39, 0.29) is 5.91 Å². The van der Waals surface area contributed by atoms with Crippen LogP contribution in [0.5, 0.6) is 17.2 Å². The van der Waals surface area contributed by atoms with Crippen molar-refractivity contribution in [2.75, 3.05) is 12.0 Å². The van der Waals surface area contributed by atoms with Crippen LogP contribution in [0.3, 0.4) is 0 Å². The molecule has 0 atom stereocenters. The maximum Gasteiger partial charge on any atom is 0.224 e. The van der Waals surface area contributed by atoms with E-state index in [4.69, 9.17) is 14.2 Å². The standard InChI is InChI=1S/C30H29NO4/c1-23(32)31(20-24-10-14-28(33-2)15-11-24)27-12-8-26(9-13-27)22-35-30-18-16-29(17-19-30)34-21-25-6-4-3-5-7-25/h3-19H,20-22H2,1-2H3. The molecule has 4 rings (SSSR count). The van der Waals surface area contributed by atoms with Crippen molar-refractivity contribution < 1.29 is 19.0 Å². The van der Waals surface area contributed by atoms with Gasteiger partial charge in [0.25, 0.3) is 0 Å². The lowest BCUT2D eigenvalue weighted by Crippen LogP contribution is -2.27. The molecule has 1 amide bonds. The van der Waals surface area contributed by atoms with Crippen molar-refractivity contribution in [3.8, 4) is 17.2 Å². The largest absolute Gasteiger partial charge is 0.497 e. The fraction of sp³-hybridized carbons (Fsp3) is 0.167. The molecule has 4 aromatic rings. The molecular weight excluding hydrogens is 438 g/mol. The van der Waals surface area contributed by atoms with Crippen molar-refractivity contribution in [1.82, 2.24) is 0 Å². The summed E-state index contributed by atoms with van der Waals surface area (Å²) in [5.41, 5.74) is 4.02. The number of carbonyl (C=O) groups excluding carboxylic acids is 1. The Morgan fingerprint density at radius 1 is 0.629 bits per heavy atom. The van der Waals surface area contributed by atoms with Crippen LogP contribution in [0.2, 0.25) is 0 Å². The van der Waals surface area contributed by atoms with Crippen LogP contribution in [0.4, 0.5) is 5.69 Å². The van der Waals surface area contributed by atoms with E-state index in [0.717, 1.165) is 39.6 Å². The van der Waals surface area contributed by atoms with Crippen molar-refractivity contribution in [3.63, 3.8) is 0 Å². The SMILES string of the molecule is COc1ccc(CN(C(C)=O)c2ccc(COc3ccc(OCc4ccccc4)cc3)cc2)cc1. The van der Waals surface area contributed by atoms with Gasteiger partial charge in [0.15, 0.2) is 0 Å². The first-order chi connectivity index (χ1) is 17.1. The highest BCUT2D eigenvalue weighted by molar-refractivity contribution is 5.91. The Morgan fingerprint density at radius 3 is 1.63 bits per heavy atom. The zero-order valence-electron chi connectivity index (χ0n) is 20.0. The first kappa shape index (κ1) is 23.9. The fourth-order valence-corrected chi connectivity index (χ4v) is 3.61. The molecule has 35 heavy (non-hydrogen) atoms. The van der Waals surface area contributed by atoms with Gasteiger partial charge in [-0.05, 0) is 65.2 Å². The second-order valence-corrected chi connectivity index (χ2v) is 8.15. The normalized spacial score (nSPS) is 10.5. The third-order valence-corrected chi connectivity index (χ3v) is 5.61. The molecule has 0 saturated heterocycles. The molecule has 178 valence electrons. The summed E-state index contributed by atoms with van der Waals surface area (Å²) in [6.07, 6.45) is 0. The van der Waals surface area contributed by atoms with Crippen molar-refractivity contribution in [1.29, 1.82) is 0 Å². The molecule has 0 aliphatic heterocycles. The smallest absolute Gasteiger partial charge is 0.224 e. The molecule has 0 saturated carbocycles. The number of methoxy groups -OCH3 is 1. The fourth-order valence-electron chi connectivity index (χ4n) is 3.61. The van der Waals surface area contributed by atoms with Gasteiger partial charge in [-0.15, -0.1) is 0 Å². The molecule has 0 unspecified atom stereocenters. The van der Waals surface area contributed by atoms with Crippen molar-refractivity contribution in [2.24, 2.45) is 0 Å². The molecule has 0 heterocycles. The Labute approximate surface area is 206 Å². The van der Waals surface area contributed by atoms with Gasteiger partial charge in [0, 0.05) is 12.6 Å². The number of amides is 1. The van der Waals surface area contributed by atoms with Gasteiger partial charge in [-0.3, -0.25) is 4.79 Å². The Hall–Kier alpha value is -4.25. The van der Waals surface area contributed by atoms with Gasteiger partial charge >= 0.3 is 0 Å². The number of ether oxygens (including phenoxy) is 3. The highest BCUT2D eigenvalue weighted by Gasteiger charge is 2.12. The summed E-state index contributed by atoms with van der Waals surface area (Å²) >= 11 is 0. The molecule has 0 aliphatic carbocycles. The second-order valence-electron chi connectivity index (χ2n) is 8.15. The van der Waals surface area contributed by atoms with Gasteiger partial charge in [-0.2, -0.15) is 0 Å². The third-order valence-electron chi connectivity index (χ3n) is 5.61. The topological polar surface area (TPSA) is 48.0 Å². The van der Waals surface area contributed by atoms with E-state index in [1.165, 1.54) is 0 Å². The lowest BCUT2D eigenvalue weighted by Gasteiger charge is -2.22. The molecule has 0 aliphatic rings. The molecule has 5 heteroatoms. The Morgan fingerprint density at radius 2 is 1.11 bits per heavy atom. The minimum absolute atomic E-state index is 0.0145. The van der Waals surface area contributed by atoms with Gasteiger partial charge in [-0.25, -0.2) is 0 Å². The summed E-state index contributed by atoms with van der Waals surface area (Å²) in [6.45, 7) is 3.04. The number of rotatable bonds is 10. The predicted molar refractivity (Wildman–Crippen MR) is 138 cm³/mol. The van der Waals surface area contributed by atoms with Gasteiger partial charge in [-0.1, -0.05) is 54.6 Å². The zero-order valence-corrected chi connectivity index (χ0v) is 20.0. The highest BCUT2D eigenvalue weighted by atomic mass is 16.5. The predicted octanol–water partition coefficient (Wildman–Crippen LogP) is 6.41. The van der Waals surface area contributed by atoms with E-state index in [9.17, 15) is 4.79 Å². The van der Waals surface area contributed by atoms with Crippen LogP contribution in [-0.4, -0.2) is 13.0 Å². The van der Waals surface area contributed by atoms with Crippen LogP contribution >= 0.6 is 0 Å². The van der Waals surface area contributed by atoms with Crippen LogP contribution in [0, 0.1) is 0 Å². The highest BCUT2D eigenvalue weighted by Crippen LogP contribution is 2.22. The summed E-state index contributed by atoms with van der Waals surface area (Å²) in [6, 6.07) is 33.3. The van der Waals surface area contributed by atoms with Gasteiger partial charge in [0.2, 0.25) is 5.91 Å². The Bertz CT molecular complexity index is 1200. The Kier molecular flexibility index (Phi) is 8.02. The van der Waals surface area contributed by atoms with Gasteiger partial charge < -0.3 is 19.1 Å². The lowest BCUT2D eigenvalue weighted by molar-refractivity contribution is -0.116. The van der Waals surface area contributed by atoms with E-state index in [2.05, 4.69) is 0 Å². The zero-order chi connectivity index (χ0) is 24.5. The first-order valence-corrected chi connectivity index (χ1v) is 11.5. The summed E-state index contributed by atoms with van der Waals surface area (Å²) < 4.78 is 17.0. The molecule has 4 aromatic carbocycles. The third kappa shape index (κ3) is 6.87. The summed E-state index contributed by atoms with van der Waals surface area (Å²) in [5.74, 6) is 2.35. The maximum absolute atomic E-state index is 12.3. The van der Waals surface area contributed by atoms with Crippen LogP contribution < -0.4 is 19.1 Å². The van der Waals surface area contributed by atoms with Crippen LogP contribution in [0.25, 0.3) is 0 Å². The monoisotopic (exact) mass is 467 g/mol.